The molecule has 0 radical (unpaired) electrons. The molecule has 3 atom stereocenters. The number of nitrogens with one attached hydrogen (secondary N) is 4. The fourth-order valence-corrected chi connectivity index (χ4v) is 4.73. The average Bonchev–Trinajstić information content (AvgIpc) is 3.39. The third-order valence-corrected chi connectivity index (χ3v) is 5.96. The van der Waals surface area contributed by atoms with Crippen LogP contribution in [0.3, 0.4) is 0 Å². The van der Waals surface area contributed by atoms with Gasteiger partial charge in [-0.3, -0.25) is 15.1 Å². The van der Waals surface area contributed by atoms with Gasteiger partial charge in [0.15, 0.2) is 11.5 Å². The molecule has 0 aromatic carbocycles. The van der Waals surface area contributed by atoms with E-state index in [4.69, 9.17) is 10.2 Å². The molecule has 3 aromatic heterocycles. The molecule has 2 bridgehead atoms. The van der Waals surface area contributed by atoms with Gasteiger partial charge in [-0.25, -0.2) is 0 Å². The van der Waals surface area contributed by atoms with Crippen LogP contribution in [0.15, 0.2) is 12.3 Å². The van der Waals surface area contributed by atoms with Crippen LogP contribution in [0, 0.1) is 18.3 Å². The van der Waals surface area contributed by atoms with Crippen molar-refractivity contribution in [2.45, 2.75) is 57.2 Å². The van der Waals surface area contributed by atoms with Gasteiger partial charge in [0.2, 0.25) is 5.95 Å². The van der Waals surface area contributed by atoms with Crippen molar-refractivity contribution in [2.75, 3.05) is 17.2 Å². The predicted octanol–water partition coefficient (Wildman–Crippen LogP) is 2.45. The van der Waals surface area contributed by atoms with Crippen molar-refractivity contribution in [2.24, 2.45) is 0 Å². The minimum atomic E-state index is 0.347. The van der Waals surface area contributed by atoms with Gasteiger partial charge in [0.1, 0.15) is 5.82 Å². The van der Waals surface area contributed by atoms with Gasteiger partial charge in [-0.15, -0.1) is 0 Å². The maximum Gasteiger partial charge on any atom is 0.232 e. The van der Waals surface area contributed by atoms with Crippen molar-refractivity contribution >= 4 is 28.6 Å². The second-order valence-corrected chi connectivity index (χ2v) is 7.93. The first kappa shape index (κ1) is 17.9. The quantitative estimate of drug-likeness (QED) is 0.502. The highest BCUT2D eigenvalue weighted by Crippen LogP contribution is 2.37. The van der Waals surface area contributed by atoms with E-state index in [0.29, 0.717) is 42.0 Å². The lowest BCUT2D eigenvalue weighted by Crippen LogP contribution is -2.47. The molecule has 0 aliphatic carbocycles. The Balaban J connectivity index is 1.35. The zero-order chi connectivity index (χ0) is 19.8. The van der Waals surface area contributed by atoms with Crippen LogP contribution in [-0.4, -0.2) is 59.9 Å². The molecule has 4 N–H and O–H groups in total. The second-order valence-electron chi connectivity index (χ2n) is 7.93. The molecule has 150 valence electrons. The van der Waals surface area contributed by atoms with E-state index >= 15 is 0 Å². The highest BCUT2D eigenvalue weighted by molar-refractivity contribution is 5.87. The fraction of sp³-hybridized carbons (Fsp3) is 0.526. The van der Waals surface area contributed by atoms with E-state index in [9.17, 15) is 0 Å². The van der Waals surface area contributed by atoms with Gasteiger partial charge in [0, 0.05) is 42.9 Å². The van der Waals surface area contributed by atoms with E-state index in [1.54, 1.807) is 6.20 Å². The molecule has 2 fully saturated rings. The first-order valence-electron chi connectivity index (χ1n) is 10.1. The fourth-order valence-electron chi connectivity index (χ4n) is 4.73. The van der Waals surface area contributed by atoms with Crippen molar-refractivity contribution < 1.29 is 0 Å². The lowest BCUT2D eigenvalue weighted by atomic mass is 9.97. The lowest BCUT2D eigenvalue weighted by Gasteiger charge is -2.39. The third-order valence-electron chi connectivity index (χ3n) is 5.96. The van der Waals surface area contributed by atoms with Crippen LogP contribution in [0.25, 0.3) is 11.0 Å². The molecule has 2 aliphatic heterocycles. The van der Waals surface area contributed by atoms with Crippen LogP contribution in [0.4, 0.5) is 17.6 Å². The third kappa shape index (κ3) is 3.49. The maximum absolute atomic E-state index is 8.93. The molecular formula is C19H24N10. The van der Waals surface area contributed by atoms with Crippen LogP contribution >= 0.6 is 0 Å². The summed E-state index contributed by atoms with van der Waals surface area (Å²) < 4.78 is 0. The van der Waals surface area contributed by atoms with Gasteiger partial charge >= 0.3 is 0 Å². The Morgan fingerprint density at radius 3 is 2.79 bits per heavy atom. The molecular weight excluding hydrogens is 368 g/mol. The molecule has 10 nitrogen and oxygen atoms in total. The van der Waals surface area contributed by atoms with E-state index in [2.05, 4.69) is 47.0 Å². The monoisotopic (exact) mass is 392 g/mol. The van der Waals surface area contributed by atoms with Crippen LogP contribution in [0.1, 0.15) is 37.8 Å². The van der Waals surface area contributed by atoms with Gasteiger partial charge in [0.25, 0.3) is 0 Å². The van der Waals surface area contributed by atoms with E-state index in [0.717, 1.165) is 36.3 Å². The number of aryl methyl sites for hydroxylation is 1. The van der Waals surface area contributed by atoms with E-state index in [1.807, 2.05) is 13.0 Å². The number of H-pyrrole nitrogens is 2. The summed E-state index contributed by atoms with van der Waals surface area (Å²) in [5.41, 5.74) is 1.65. The molecule has 5 heterocycles. The normalized spacial score (nSPS) is 23.9. The number of nitrogens with zero attached hydrogens (tertiary/aromatic N) is 6. The molecule has 2 unspecified atom stereocenters. The Kier molecular flexibility index (Phi) is 4.52. The summed E-state index contributed by atoms with van der Waals surface area (Å²) >= 11 is 0. The summed E-state index contributed by atoms with van der Waals surface area (Å²) in [7, 11) is 0. The molecule has 29 heavy (non-hydrogen) atoms. The Bertz CT molecular complexity index is 1030. The van der Waals surface area contributed by atoms with Gasteiger partial charge in [-0.1, -0.05) is 0 Å². The van der Waals surface area contributed by atoms with Crippen molar-refractivity contribution in [3.8, 4) is 6.07 Å². The Labute approximate surface area is 168 Å². The first-order chi connectivity index (χ1) is 14.2. The average molecular weight is 392 g/mol. The summed E-state index contributed by atoms with van der Waals surface area (Å²) in [6.07, 6.45) is 6.92. The molecule has 0 amide bonds. The Hall–Kier alpha value is -3.19. The van der Waals surface area contributed by atoms with E-state index in [1.165, 1.54) is 12.8 Å². The van der Waals surface area contributed by atoms with Gasteiger partial charge in [-0.2, -0.15) is 25.4 Å². The number of fused-ring (bicyclic) bond motifs is 3. The van der Waals surface area contributed by atoms with Crippen LogP contribution in [0.5, 0.6) is 0 Å². The Morgan fingerprint density at radius 2 is 2.07 bits per heavy atom. The van der Waals surface area contributed by atoms with Crippen molar-refractivity contribution in [1.82, 2.24) is 35.3 Å². The van der Waals surface area contributed by atoms with Gasteiger partial charge < -0.3 is 10.6 Å². The summed E-state index contributed by atoms with van der Waals surface area (Å²) in [5.74, 6) is 1.94. The molecule has 2 aliphatic rings. The smallest absolute Gasteiger partial charge is 0.232 e. The van der Waals surface area contributed by atoms with Gasteiger partial charge in [-0.05, 0) is 32.6 Å². The van der Waals surface area contributed by atoms with Crippen LogP contribution in [0.2, 0.25) is 0 Å². The summed E-state index contributed by atoms with van der Waals surface area (Å²) in [4.78, 5) is 11.7. The minimum Gasteiger partial charge on any atom is -0.366 e. The topological polar surface area (TPSA) is 134 Å². The van der Waals surface area contributed by atoms with E-state index in [-0.39, 0.29) is 0 Å². The number of rotatable bonds is 6. The Morgan fingerprint density at radius 1 is 1.24 bits per heavy atom. The summed E-state index contributed by atoms with van der Waals surface area (Å²) in [6, 6.07) is 5.63. The summed E-state index contributed by atoms with van der Waals surface area (Å²) in [5, 5.41) is 30.8. The lowest BCUT2D eigenvalue weighted by molar-refractivity contribution is 0.136. The van der Waals surface area contributed by atoms with E-state index < -0.39 is 0 Å². The van der Waals surface area contributed by atoms with Crippen molar-refractivity contribution in [1.29, 1.82) is 5.26 Å². The second kappa shape index (κ2) is 7.33. The number of aromatic amines is 2. The maximum atomic E-state index is 8.93. The molecule has 2 saturated heterocycles. The molecule has 10 heteroatoms. The molecule has 5 rings (SSSR count). The zero-order valence-electron chi connectivity index (χ0n) is 16.3. The van der Waals surface area contributed by atoms with Crippen molar-refractivity contribution in [3.63, 3.8) is 0 Å². The highest BCUT2D eigenvalue weighted by Gasteiger charge is 2.40. The largest absolute Gasteiger partial charge is 0.366 e. The predicted molar refractivity (Wildman–Crippen MR) is 109 cm³/mol. The van der Waals surface area contributed by atoms with Crippen LogP contribution in [-0.2, 0) is 0 Å². The number of hydrogen-bond acceptors (Lipinski definition) is 8. The standard InChI is InChI=1S/C19H24N10/c1-11-7-16(27-26-11)23-19-24-17(15-10-21-28-18(15)25-19)22-12-8-13-3-4-14(9-12)29(13)6-2-5-20/h7,10,12-14H,2-4,6,8-9H2,1H3,(H4,21,22,23,24,25,26,27,28)/t12?,13-,14?/m0/s1. The summed E-state index contributed by atoms with van der Waals surface area (Å²) in [6.45, 7) is 2.83. The molecule has 0 saturated carbocycles. The number of anilines is 3. The molecule has 0 spiro atoms. The number of hydrogen-bond donors (Lipinski definition) is 4. The number of piperidine rings is 1. The van der Waals surface area contributed by atoms with Crippen molar-refractivity contribution in [3.05, 3.63) is 18.0 Å². The number of nitriles is 1. The highest BCUT2D eigenvalue weighted by atomic mass is 15.3. The van der Waals surface area contributed by atoms with Gasteiger partial charge in [0.05, 0.1) is 17.7 Å². The van der Waals surface area contributed by atoms with Crippen LogP contribution < -0.4 is 10.6 Å². The zero-order valence-corrected chi connectivity index (χ0v) is 16.3. The minimum absolute atomic E-state index is 0.347. The number of aromatic nitrogens is 6. The molecule has 3 aromatic rings. The first-order valence-corrected chi connectivity index (χ1v) is 10.1. The SMILES string of the molecule is Cc1cc(Nc2nc(NC3CC4CC[C@@H](C3)N4CCC#N)c3cn[nH]c3n2)n[nH]1.